The minimum atomic E-state index is -0.708. The van der Waals surface area contributed by atoms with Crippen molar-refractivity contribution in [3.05, 3.63) is 58.6 Å². The summed E-state index contributed by atoms with van der Waals surface area (Å²) in [6.45, 7) is 0.635. The van der Waals surface area contributed by atoms with Gasteiger partial charge >= 0.3 is 6.03 Å². The number of carbonyl (C=O) groups is 3. The van der Waals surface area contributed by atoms with Crippen LogP contribution in [0.25, 0.3) is 0 Å². The number of primary amides is 1. The molecule has 2 aromatic rings. The van der Waals surface area contributed by atoms with Crippen LogP contribution in [-0.4, -0.2) is 24.4 Å². The Labute approximate surface area is 171 Å². The van der Waals surface area contributed by atoms with Gasteiger partial charge in [0, 0.05) is 17.4 Å². The number of carbonyl (C=O) groups excluding carboxylic acids is 3. The first kappa shape index (κ1) is 19.9. The molecule has 0 aliphatic carbocycles. The van der Waals surface area contributed by atoms with E-state index < -0.39 is 12.1 Å². The number of benzene rings is 2. The van der Waals surface area contributed by atoms with E-state index in [1.807, 2.05) is 36.4 Å². The third kappa shape index (κ3) is 4.89. The summed E-state index contributed by atoms with van der Waals surface area (Å²) in [5, 5.41) is 5.47. The summed E-state index contributed by atoms with van der Waals surface area (Å²) in [4.78, 5) is 37.8. The standard InChI is InChI=1S/C20H21BrN4O3/c21-14-6-3-5-13(11-14)16(24-20(22)28)12-18(26)23-15-7-1-2-8-17(15)25-10-4-9-19(25)27/h1-3,5-8,11,16H,4,9-10,12H2,(H,23,26)(H3,22,24,28)/t16-/m0/s1. The summed E-state index contributed by atoms with van der Waals surface area (Å²) in [5.74, 6) is -0.248. The third-order valence-electron chi connectivity index (χ3n) is 4.50. The second-order valence-corrected chi connectivity index (χ2v) is 7.45. The molecule has 0 saturated carbocycles. The molecular weight excluding hydrogens is 424 g/mol. The van der Waals surface area contributed by atoms with Crippen LogP contribution in [0.4, 0.5) is 16.2 Å². The fourth-order valence-corrected chi connectivity index (χ4v) is 3.67. The van der Waals surface area contributed by atoms with Gasteiger partial charge in [0.2, 0.25) is 11.8 Å². The zero-order valence-corrected chi connectivity index (χ0v) is 16.7. The third-order valence-corrected chi connectivity index (χ3v) is 4.99. The van der Waals surface area contributed by atoms with E-state index in [1.54, 1.807) is 17.0 Å². The lowest BCUT2D eigenvalue weighted by Gasteiger charge is -2.21. The Balaban J connectivity index is 1.77. The summed E-state index contributed by atoms with van der Waals surface area (Å²) < 4.78 is 0.833. The van der Waals surface area contributed by atoms with E-state index >= 15 is 0 Å². The van der Waals surface area contributed by atoms with Crippen molar-refractivity contribution in [2.75, 3.05) is 16.8 Å². The Hall–Kier alpha value is -2.87. The predicted octanol–water partition coefficient (Wildman–Crippen LogP) is 3.31. The number of nitrogens with two attached hydrogens (primary N) is 1. The van der Waals surface area contributed by atoms with Crippen molar-refractivity contribution in [3.63, 3.8) is 0 Å². The molecule has 1 heterocycles. The molecule has 4 N–H and O–H groups in total. The second kappa shape index (κ2) is 8.88. The van der Waals surface area contributed by atoms with Crippen LogP contribution >= 0.6 is 15.9 Å². The van der Waals surface area contributed by atoms with E-state index in [9.17, 15) is 14.4 Å². The van der Waals surface area contributed by atoms with Gasteiger partial charge in [-0.2, -0.15) is 0 Å². The Morgan fingerprint density at radius 3 is 2.64 bits per heavy atom. The monoisotopic (exact) mass is 444 g/mol. The van der Waals surface area contributed by atoms with E-state index in [-0.39, 0.29) is 18.2 Å². The van der Waals surface area contributed by atoms with Crippen LogP contribution in [0.15, 0.2) is 53.0 Å². The highest BCUT2D eigenvalue weighted by atomic mass is 79.9. The van der Waals surface area contributed by atoms with Crippen molar-refractivity contribution in [2.24, 2.45) is 5.73 Å². The molecule has 1 fully saturated rings. The molecule has 2 aromatic carbocycles. The van der Waals surface area contributed by atoms with Gasteiger partial charge in [0.15, 0.2) is 0 Å². The van der Waals surface area contributed by atoms with E-state index in [1.165, 1.54) is 0 Å². The lowest BCUT2D eigenvalue weighted by molar-refractivity contribution is -0.117. The van der Waals surface area contributed by atoms with E-state index in [0.29, 0.717) is 24.3 Å². The molecule has 1 atom stereocenters. The molecule has 1 aliphatic heterocycles. The molecular formula is C20H21BrN4O3. The van der Waals surface area contributed by atoms with Gasteiger partial charge in [-0.05, 0) is 36.2 Å². The van der Waals surface area contributed by atoms with Crippen molar-refractivity contribution in [1.82, 2.24) is 5.32 Å². The normalized spacial score (nSPS) is 14.6. The molecule has 0 unspecified atom stereocenters. The van der Waals surface area contributed by atoms with Crippen molar-refractivity contribution < 1.29 is 14.4 Å². The molecule has 146 valence electrons. The SMILES string of the molecule is NC(=O)N[C@@H](CC(=O)Nc1ccccc1N1CCCC1=O)c1cccc(Br)c1. The van der Waals surface area contributed by atoms with Crippen molar-refractivity contribution in [1.29, 1.82) is 0 Å². The number of nitrogens with one attached hydrogen (secondary N) is 2. The first-order valence-corrected chi connectivity index (χ1v) is 9.74. The Kier molecular flexibility index (Phi) is 6.30. The van der Waals surface area contributed by atoms with Gasteiger partial charge in [-0.3, -0.25) is 9.59 Å². The quantitative estimate of drug-likeness (QED) is 0.636. The molecule has 0 spiro atoms. The first-order valence-electron chi connectivity index (χ1n) is 8.94. The maximum atomic E-state index is 12.7. The fraction of sp³-hybridized carbons (Fsp3) is 0.250. The highest BCUT2D eigenvalue weighted by Crippen LogP contribution is 2.30. The number of amides is 4. The van der Waals surface area contributed by atoms with E-state index in [2.05, 4.69) is 26.6 Å². The van der Waals surface area contributed by atoms with Gasteiger partial charge in [0.1, 0.15) is 0 Å². The van der Waals surface area contributed by atoms with Crippen LogP contribution in [-0.2, 0) is 9.59 Å². The van der Waals surface area contributed by atoms with Crippen LogP contribution in [0.3, 0.4) is 0 Å². The van der Waals surface area contributed by atoms with Gasteiger partial charge in [-0.1, -0.05) is 40.2 Å². The largest absolute Gasteiger partial charge is 0.352 e. The summed E-state index contributed by atoms with van der Waals surface area (Å²) in [6.07, 6.45) is 1.31. The number of nitrogens with zero attached hydrogens (tertiary/aromatic N) is 1. The molecule has 3 rings (SSSR count). The molecule has 7 nitrogen and oxygen atoms in total. The van der Waals surface area contributed by atoms with E-state index in [0.717, 1.165) is 16.5 Å². The van der Waals surface area contributed by atoms with Gasteiger partial charge < -0.3 is 21.3 Å². The van der Waals surface area contributed by atoms with Crippen LogP contribution in [0.1, 0.15) is 30.9 Å². The zero-order valence-electron chi connectivity index (χ0n) is 15.2. The lowest BCUT2D eigenvalue weighted by atomic mass is 10.0. The summed E-state index contributed by atoms with van der Waals surface area (Å²) >= 11 is 3.39. The Morgan fingerprint density at radius 2 is 1.96 bits per heavy atom. The highest BCUT2D eigenvalue weighted by Gasteiger charge is 2.25. The maximum Gasteiger partial charge on any atom is 0.312 e. The highest BCUT2D eigenvalue weighted by molar-refractivity contribution is 9.10. The molecule has 28 heavy (non-hydrogen) atoms. The summed E-state index contributed by atoms with van der Waals surface area (Å²) in [7, 11) is 0. The number of hydrogen-bond donors (Lipinski definition) is 3. The summed E-state index contributed by atoms with van der Waals surface area (Å²) in [5.41, 5.74) is 7.28. The fourth-order valence-electron chi connectivity index (χ4n) is 3.25. The molecule has 1 saturated heterocycles. The van der Waals surface area contributed by atoms with Crippen molar-refractivity contribution >= 4 is 45.2 Å². The molecule has 0 aromatic heterocycles. The number of para-hydroxylation sites is 2. The van der Waals surface area contributed by atoms with Crippen molar-refractivity contribution in [3.8, 4) is 0 Å². The number of anilines is 2. The smallest absolute Gasteiger partial charge is 0.312 e. The van der Waals surface area contributed by atoms with Crippen molar-refractivity contribution in [2.45, 2.75) is 25.3 Å². The van der Waals surface area contributed by atoms with Gasteiger partial charge in [0.25, 0.3) is 0 Å². The average molecular weight is 445 g/mol. The lowest BCUT2D eigenvalue weighted by Crippen LogP contribution is -2.35. The maximum absolute atomic E-state index is 12.7. The van der Waals surface area contributed by atoms with Gasteiger partial charge in [-0.15, -0.1) is 0 Å². The Morgan fingerprint density at radius 1 is 1.18 bits per heavy atom. The number of rotatable bonds is 6. The molecule has 1 aliphatic rings. The summed E-state index contributed by atoms with van der Waals surface area (Å²) in [6, 6.07) is 13.2. The van der Waals surface area contributed by atoms with Gasteiger partial charge in [0.05, 0.1) is 23.8 Å². The minimum absolute atomic E-state index is 0.00166. The number of halogens is 1. The van der Waals surface area contributed by atoms with Crippen LogP contribution in [0, 0.1) is 0 Å². The minimum Gasteiger partial charge on any atom is -0.352 e. The Bertz CT molecular complexity index is 903. The molecule has 0 bridgehead atoms. The predicted molar refractivity (Wildman–Crippen MR) is 111 cm³/mol. The molecule has 4 amide bonds. The van der Waals surface area contributed by atoms with Crippen LogP contribution in [0.5, 0.6) is 0 Å². The average Bonchev–Trinajstić information content (AvgIpc) is 3.07. The second-order valence-electron chi connectivity index (χ2n) is 6.53. The van der Waals surface area contributed by atoms with Crippen LogP contribution < -0.4 is 21.3 Å². The molecule has 8 heteroatoms. The van der Waals surface area contributed by atoms with Crippen LogP contribution in [0.2, 0.25) is 0 Å². The molecule has 0 radical (unpaired) electrons. The topological polar surface area (TPSA) is 105 Å². The van der Waals surface area contributed by atoms with E-state index in [4.69, 9.17) is 5.73 Å². The zero-order chi connectivity index (χ0) is 20.1. The van der Waals surface area contributed by atoms with Gasteiger partial charge in [-0.25, -0.2) is 4.79 Å². The number of hydrogen-bond acceptors (Lipinski definition) is 3. The first-order chi connectivity index (χ1) is 13.4. The number of urea groups is 1.